The molecule has 1 N–H and O–H groups in total. The lowest BCUT2D eigenvalue weighted by atomic mass is 10.0. The fourth-order valence-electron chi connectivity index (χ4n) is 2.20. The molecule has 2 rings (SSSR count). The summed E-state index contributed by atoms with van der Waals surface area (Å²) in [7, 11) is 1.95. The molecule has 0 aromatic heterocycles. The second-order valence-electron chi connectivity index (χ2n) is 4.86. The molecule has 0 aliphatic carbocycles. The van der Waals surface area contributed by atoms with Crippen LogP contribution in [0.5, 0.6) is 5.75 Å². The van der Waals surface area contributed by atoms with Gasteiger partial charge in [-0.1, -0.05) is 36.7 Å². The first kappa shape index (κ1) is 15.8. The summed E-state index contributed by atoms with van der Waals surface area (Å²) in [5.74, 6) is 0.341. The van der Waals surface area contributed by atoms with Crippen LogP contribution in [0.4, 0.5) is 4.39 Å². The minimum atomic E-state index is -0.423. The van der Waals surface area contributed by atoms with E-state index in [0.29, 0.717) is 12.6 Å². The van der Waals surface area contributed by atoms with Crippen molar-refractivity contribution in [3.05, 3.63) is 64.4 Å². The maximum Gasteiger partial charge on any atom is 0.142 e. The first-order valence-corrected chi connectivity index (χ1v) is 7.35. The maximum atomic E-state index is 13.3. The maximum absolute atomic E-state index is 13.3. The van der Waals surface area contributed by atoms with E-state index >= 15 is 0 Å². The Labute approximate surface area is 129 Å². The molecule has 1 atom stereocenters. The lowest BCUT2D eigenvalue weighted by Crippen LogP contribution is -2.14. The standard InChI is InChI=1S/C17H19ClFNO/c1-3-17(20-2)13-5-7-14(8-6-13)21-11-12-4-9-15(18)16(19)10-12/h4-10,17,20H,3,11H2,1-2H3. The van der Waals surface area contributed by atoms with Crippen LogP contribution in [0.1, 0.15) is 30.5 Å². The van der Waals surface area contributed by atoms with Crippen LogP contribution < -0.4 is 10.1 Å². The van der Waals surface area contributed by atoms with E-state index in [1.165, 1.54) is 17.7 Å². The summed E-state index contributed by atoms with van der Waals surface area (Å²) in [6.07, 6.45) is 1.03. The van der Waals surface area contributed by atoms with Gasteiger partial charge in [0.25, 0.3) is 0 Å². The van der Waals surface area contributed by atoms with Gasteiger partial charge in [-0.25, -0.2) is 4.39 Å². The summed E-state index contributed by atoms with van der Waals surface area (Å²) >= 11 is 5.65. The van der Waals surface area contributed by atoms with Crippen molar-refractivity contribution in [1.82, 2.24) is 5.32 Å². The van der Waals surface area contributed by atoms with Gasteiger partial charge in [-0.05, 0) is 48.9 Å². The molecular weight excluding hydrogens is 289 g/mol. The molecule has 0 spiro atoms. The Kier molecular flexibility index (Phi) is 5.59. The van der Waals surface area contributed by atoms with Crippen LogP contribution in [0.25, 0.3) is 0 Å². The number of nitrogens with one attached hydrogen (secondary N) is 1. The van der Waals surface area contributed by atoms with Crippen molar-refractivity contribution < 1.29 is 9.13 Å². The molecule has 0 aliphatic rings. The predicted octanol–water partition coefficient (Wildman–Crippen LogP) is 4.73. The number of hydrogen-bond acceptors (Lipinski definition) is 2. The van der Waals surface area contributed by atoms with Crippen LogP contribution in [-0.2, 0) is 6.61 Å². The van der Waals surface area contributed by atoms with Crippen molar-refractivity contribution in [2.75, 3.05) is 7.05 Å². The van der Waals surface area contributed by atoms with Crippen LogP contribution in [-0.4, -0.2) is 7.05 Å². The van der Waals surface area contributed by atoms with E-state index in [-0.39, 0.29) is 5.02 Å². The first-order chi connectivity index (χ1) is 10.1. The second-order valence-corrected chi connectivity index (χ2v) is 5.26. The lowest BCUT2D eigenvalue weighted by Gasteiger charge is -2.15. The molecule has 0 radical (unpaired) electrons. The van der Waals surface area contributed by atoms with Gasteiger partial charge in [0.05, 0.1) is 5.02 Å². The quantitative estimate of drug-likeness (QED) is 0.833. The van der Waals surface area contributed by atoms with E-state index in [1.54, 1.807) is 6.07 Å². The smallest absolute Gasteiger partial charge is 0.142 e. The average molecular weight is 308 g/mol. The van der Waals surface area contributed by atoms with Crippen molar-refractivity contribution in [3.63, 3.8) is 0 Å². The third-order valence-corrected chi connectivity index (χ3v) is 3.74. The molecular formula is C17H19ClFNO. The lowest BCUT2D eigenvalue weighted by molar-refractivity contribution is 0.305. The molecule has 112 valence electrons. The molecule has 0 bridgehead atoms. The largest absolute Gasteiger partial charge is 0.489 e. The number of rotatable bonds is 6. The number of halogens is 2. The monoisotopic (exact) mass is 307 g/mol. The second kappa shape index (κ2) is 7.43. The third-order valence-electron chi connectivity index (χ3n) is 3.43. The third kappa shape index (κ3) is 4.19. The van der Waals surface area contributed by atoms with Crippen LogP contribution in [0.2, 0.25) is 5.02 Å². The van der Waals surface area contributed by atoms with Gasteiger partial charge in [-0.15, -0.1) is 0 Å². The summed E-state index contributed by atoms with van der Waals surface area (Å²) in [6, 6.07) is 13.0. The van der Waals surface area contributed by atoms with Gasteiger partial charge in [-0.2, -0.15) is 0 Å². The molecule has 21 heavy (non-hydrogen) atoms. The molecule has 0 saturated heterocycles. The van der Waals surface area contributed by atoms with Gasteiger partial charge in [0, 0.05) is 6.04 Å². The van der Waals surface area contributed by atoms with Crippen LogP contribution in [0.3, 0.4) is 0 Å². The van der Waals surface area contributed by atoms with Crippen molar-refractivity contribution in [2.45, 2.75) is 26.0 Å². The molecule has 0 aliphatic heterocycles. The molecule has 2 aromatic rings. The topological polar surface area (TPSA) is 21.3 Å². The Morgan fingerprint density at radius 1 is 1.19 bits per heavy atom. The predicted molar refractivity (Wildman–Crippen MR) is 84.3 cm³/mol. The van der Waals surface area contributed by atoms with E-state index in [1.807, 2.05) is 31.3 Å². The molecule has 0 heterocycles. The minimum absolute atomic E-state index is 0.126. The molecule has 2 aromatic carbocycles. The van der Waals surface area contributed by atoms with Gasteiger partial charge < -0.3 is 10.1 Å². The SMILES string of the molecule is CCC(NC)c1ccc(OCc2ccc(Cl)c(F)c2)cc1. The van der Waals surface area contributed by atoms with E-state index in [9.17, 15) is 4.39 Å². The Morgan fingerprint density at radius 2 is 1.90 bits per heavy atom. The molecule has 1 unspecified atom stereocenters. The van der Waals surface area contributed by atoms with E-state index in [4.69, 9.17) is 16.3 Å². The minimum Gasteiger partial charge on any atom is -0.489 e. The highest BCUT2D eigenvalue weighted by molar-refractivity contribution is 6.30. The highest BCUT2D eigenvalue weighted by atomic mass is 35.5. The Morgan fingerprint density at radius 3 is 2.48 bits per heavy atom. The zero-order valence-corrected chi connectivity index (χ0v) is 13.0. The summed E-state index contributed by atoms with van der Waals surface area (Å²) in [4.78, 5) is 0. The van der Waals surface area contributed by atoms with Gasteiger partial charge in [-0.3, -0.25) is 0 Å². The van der Waals surface area contributed by atoms with Crippen molar-refractivity contribution in [1.29, 1.82) is 0 Å². The van der Waals surface area contributed by atoms with Gasteiger partial charge in [0.1, 0.15) is 18.2 Å². The highest BCUT2D eigenvalue weighted by Crippen LogP contribution is 2.21. The van der Waals surface area contributed by atoms with Crippen LogP contribution in [0.15, 0.2) is 42.5 Å². The van der Waals surface area contributed by atoms with E-state index in [2.05, 4.69) is 12.2 Å². The number of benzene rings is 2. The normalized spacial score (nSPS) is 12.2. The summed E-state index contributed by atoms with van der Waals surface area (Å²) in [5.41, 5.74) is 1.98. The zero-order chi connectivity index (χ0) is 15.2. The summed E-state index contributed by atoms with van der Waals surface area (Å²) in [6.45, 7) is 2.46. The van der Waals surface area contributed by atoms with Crippen molar-refractivity contribution >= 4 is 11.6 Å². The molecule has 0 amide bonds. The van der Waals surface area contributed by atoms with E-state index < -0.39 is 5.82 Å². The fourth-order valence-corrected chi connectivity index (χ4v) is 2.32. The Balaban J connectivity index is 1.98. The average Bonchev–Trinajstić information content (AvgIpc) is 2.51. The Hall–Kier alpha value is -1.58. The molecule has 4 heteroatoms. The van der Waals surface area contributed by atoms with Crippen molar-refractivity contribution in [2.24, 2.45) is 0 Å². The van der Waals surface area contributed by atoms with Crippen molar-refractivity contribution in [3.8, 4) is 5.75 Å². The molecule has 0 saturated carbocycles. The number of ether oxygens (including phenoxy) is 1. The van der Waals surface area contributed by atoms with Gasteiger partial charge in [0.2, 0.25) is 0 Å². The first-order valence-electron chi connectivity index (χ1n) is 6.98. The zero-order valence-electron chi connectivity index (χ0n) is 12.2. The van der Waals surface area contributed by atoms with Gasteiger partial charge >= 0.3 is 0 Å². The summed E-state index contributed by atoms with van der Waals surface area (Å²) < 4.78 is 19.0. The van der Waals surface area contributed by atoms with E-state index in [0.717, 1.165) is 17.7 Å². The highest BCUT2D eigenvalue weighted by Gasteiger charge is 2.06. The number of hydrogen-bond donors (Lipinski definition) is 1. The van der Waals surface area contributed by atoms with Crippen LogP contribution in [0, 0.1) is 5.82 Å². The Bertz CT molecular complexity index is 582. The molecule has 2 nitrogen and oxygen atoms in total. The summed E-state index contributed by atoms with van der Waals surface area (Å²) in [5, 5.41) is 3.39. The van der Waals surface area contributed by atoms with Crippen LogP contribution >= 0.6 is 11.6 Å². The fraction of sp³-hybridized carbons (Fsp3) is 0.294. The molecule has 0 fully saturated rings. The van der Waals surface area contributed by atoms with Gasteiger partial charge in [0.15, 0.2) is 0 Å².